The lowest BCUT2D eigenvalue weighted by atomic mass is 10.4. The average Bonchev–Trinajstić information content (AvgIpc) is 2.82. The highest BCUT2D eigenvalue weighted by Crippen LogP contribution is 2.14. The van der Waals surface area contributed by atoms with Gasteiger partial charge in [0.2, 0.25) is 0 Å². The van der Waals surface area contributed by atoms with E-state index in [1.54, 1.807) is 6.92 Å². The number of aromatic carboxylic acids is 1. The Hall–Kier alpha value is -2.15. The van der Waals surface area contributed by atoms with E-state index < -0.39 is 11.5 Å². The summed E-state index contributed by atoms with van der Waals surface area (Å²) >= 11 is 5.92. The van der Waals surface area contributed by atoms with Gasteiger partial charge in [0.1, 0.15) is 10.7 Å². The van der Waals surface area contributed by atoms with Crippen molar-refractivity contribution in [3.05, 3.63) is 39.5 Å². The van der Waals surface area contributed by atoms with Gasteiger partial charge in [0.05, 0.1) is 6.20 Å². The maximum Gasteiger partial charge on any atom is 0.356 e. The minimum atomic E-state index is -1.15. The van der Waals surface area contributed by atoms with Crippen LogP contribution in [0.3, 0.4) is 0 Å². The summed E-state index contributed by atoms with van der Waals surface area (Å²) in [6, 6.07) is 1.31. The lowest BCUT2D eigenvalue weighted by molar-refractivity contribution is 0.0690. The second-order valence-electron chi connectivity index (χ2n) is 3.42. The van der Waals surface area contributed by atoms with Gasteiger partial charge < -0.3 is 5.11 Å². The van der Waals surface area contributed by atoms with Crippen molar-refractivity contribution in [1.29, 1.82) is 0 Å². The van der Waals surface area contributed by atoms with Gasteiger partial charge in [-0.25, -0.2) is 14.2 Å². The molecule has 0 saturated carbocycles. The van der Waals surface area contributed by atoms with Crippen LogP contribution < -0.4 is 5.56 Å². The predicted octanol–water partition coefficient (Wildman–Crippen LogP) is 0.800. The number of aryl methyl sites for hydroxylation is 1. The summed E-state index contributed by atoms with van der Waals surface area (Å²) in [5.41, 5.74) is -0.325. The van der Waals surface area contributed by atoms with Gasteiger partial charge >= 0.3 is 5.97 Å². The standard InChI is InChI=1S/C10H9ClN4O3/c1-2-14-9(16)8(11)7(5-12-14)15-4-3-6(13-15)10(17)18/h3-5H,2H2,1H3,(H,17,18). The number of halogens is 1. The highest BCUT2D eigenvalue weighted by Gasteiger charge is 2.13. The Balaban J connectivity index is 2.54. The van der Waals surface area contributed by atoms with Crippen LogP contribution in [0.25, 0.3) is 5.69 Å². The largest absolute Gasteiger partial charge is 0.476 e. The smallest absolute Gasteiger partial charge is 0.356 e. The highest BCUT2D eigenvalue weighted by molar-refractivity contribution is 6.32. The average molecular weight is 269 g/mol. The van der Waals surface area contributed by atoms with Crippen LogP contribution in [0.2, 0.25) is 5.02 Å². The van der Waals surface area contributed by atoms with E-state index in [4.69, 9.17) is 16.7 Å². The lowest BCUT2D eigenvalue weighted by Crippen LogP contribution is -2.23. The highest BCUT2D eigenvalue weighted by atomic mass is 35.5. The van der Waals surface area contributed by atoms with Crippen LogP contribution in [-0.2, 0) is 6.54 Å². The second kappa shape index (κ2) is 4.61. The van der Waals surface area contributed by atoms with Gasteiger partial charge in [-0.15, -0.1) is 0 Å². The fourth-order valence-corrected chi connectivity index (χ4v) is 1.65. The topological polar surface area (TPSA) is 90.0 Å². The van der Waals surface area contributed by atoms with Crippen LogP contribution in [0.1, 0.15) is 17.4 Å². The minimum absolute atomic E-state index is 0.0492. The Bertz CT molecular complexity index is 661. The zero-order valence-electron chi connectivity index (χ0n) is 9.37. The van der Waals surface area contributed by atoms with Crippen molar-refractivity contribution in [2.24, 2.45) is 0 Å². The molecule has 0 spiro atoms. The zero-order valence-corrected chi connectivity index (χ0v) is 10.1. The number of carboxylic acid groups (broad SMARTS) is 1. The summed E-state index contributed by atoms with van der Waals surface area (Å²) in [5, 5.41) is 16.4. The van der Waals surface area contributed by atoms with E-state index in [1.165, 1.54) is 27.8 Å². The van der Waals surface area contributed by atoms with E-state index in [-0.39, 0.29) is 16.4 Å². The third-order valence-corrected chi connectivity index (χ3v) is 2.68. The Morgan fingerprint density at radius 1 is 1.56 bits per heavy atom. The van der Waals surface area contributed by atoms with Crippen molar-refractivity contribution in [2.75, 3.05) is 0 Å². The third-order valence-electron chi connectivity index (χ3n) is 2.32. The summed E-state index contributed by atoms with van der Waals surface area (Å²) in [7, 11) is 0. The summed E-state index contributed by atoms with van der Waals surface area (Å²) in [6.45, 7) is 2.17. The molecule has 0 radical (unpaired) electrons. The Morgan fingerprint density at radius 2 is 2.28 bits per heavy atom. The molecule has 0 unspecified atom stereocenters. The van der Waals surface area contributed by atoms with Gasteiger partial charge in [-0.2, -0.15) is 10.2 Å². The molecule has 8 heteroatoms. The van der Waals surface area contributed by atoms with Crippen LogP contribution >= 0.6 is 11.6 Å². The normalized spacial score (nSPS) is 10.6. The molecule has 2 aromatic rings. The first-order valence-corrected chi connectivity index (χ1v) is 5.47. The summed E-state index contributed by atoms with van der Waals surface area (Å²) < 4.78 is 2.41. The van der Waals surface area contributed by atoms with Gasteiger partial charge in [-0.3, -0.25) is 4.79 Å². The molecule has 0 aliphatic heterocycles. The lowest BCUT2D eigenvalue weighted by Gasteiger charge is -2.05. The molecule has 2 rings (SSSR count). The second-order valence-corrected chi connectivity index (χ2v) is 3.79. The first-order chi connectivity index (χ1) is 8.54. The molecule has 0 aromatic carbocycles. The molecule has 7 nitrogen and oxygen atoms in total. The van der Waals surface area contributed by atoms with E-state index in [1.807, 2.05) is 0 Å². The van der Waals surface area contributed by atoms with Crippen LogP contribution in [0, 0.1) is 0 Å². The molecule has 2 heterocycles. The fourth-order valence-electron chi connectivity index (χ4n) is 1.41. The molecule has 18 heavy (non-hydrogen) atoms. The first-order valence-electron chi connectivity index (χ1n) is 5.09. The maximum atomic E-state index is 11.7. The minimum Gasteiger partial charge on any atom is -0.476 e. The maximum absolute atomic E-state index is 11.7. The first kappa shape index (κ1) is 12.3. The van der Waals surface area contributed by atoms with Gasteiger partial charge in [0.25, 0.3) is 5.56 Å². The molecular weight excluding hydrogens is 260 g/mol. The molecule has 0 atom stereocenters. The molecule has 0 fully saturated rings. The fraction of sp³-hybridized carbons (Fsp3) is 0.200. The zero-order chi connectivity index (χ0) is 13.3. The van der Waals surface area contributed by atoms with Crippen molar-refractivity contribution < 1.29 is 9.90 Å². The van der Waals surface area contributed by atoms with Crippen molar-refractivity contribution in [1.82, 2.24) is 19.6 Å². The van der Waals surface area contributed by atoms with E-state index in [0.717, 1.165) is 0 Å². The van der Waals surface area contributed by atoms with Crippen molar-refractivity contribution in [2.45, 2.75) is 13.5 Å². The molecule has 2 aromatic heterocycles. The quantitative estimate of drug-likeness (QED) is 0.889. The van der Waals surface area contributed by atoms with Crippen molar-refractivity contribution >= 4 is 17.6 Å². The van der Waals surface area contributed by atoms with Gasteiger partial charge in [0.15, 0.2) is 5.69 Å². The third kappa shape index (κ3) is 2.00. The summed E-state index contributed by atoms with van der Waals surface area (Å²) in [6.07, 6.45) is 2.77. The summed E-state index contributed by atoms with van der Waals surface area (Å²) in [4.78, 5) is 22.5. The number of hydrogen-bond acceptors (Lipinski definition) is 4. The molecule has 1 N–H and O–H groups in total. The number of hydrogen-bond donors (Lipinski definition) is 1. The number of carboxylic acids is 1. The molecule has 0 bridgehead atoms. The van der Waals surface area contributed by atoms with E-state index in [9.17, 15) is 9.59 Å². The predicted molar refractivity (Wildman–Crippen MR) is 63.3 cm³/mol. The van der Waals surface area contributed by atoms with E-state index in [0.29, 0.717) is 6.54 Å². The Labute approximate surface area is 106 Å². The van der Waals surface area contributed by atoms with Gasteiger partial charge in [0, 0.05) is 12.7 Å². The summed E-state index contributed by atoms with van der Waals surface area (Å²) in [5.74, 6) is -1.15. The van der Waals surface area contributed by atoms with Gasteiger partial charge in [-0.05, 0) is 13.0 Å². The molecule has 0 amide bonds. The van der Waals surface area contributed by atoms with E-state index in [2.05, 4.69) is 10.2 Å². The molecule has 0 aliphatic rings. The SMILES string of the molecule is CCn1ncc(-n2ccc(C(=O)O)n2)c(Cl)c1=O. The monoisotopic (exact) mass is 268 g/mol. The molecule has 0 aliphatic carbocycles. The van der Waals surface area contributed by atoms with E-state index >= 15 is 0 Å². The van der Waals surface area contributed by atoms with Crippen molar-refractivity contribution in [3.63, 3.8) is 0 Å². The molecular formula is C10H9ClN4O3. The number of rotatable bonds is 3. The van der Waals surface area contributed by atoms with Crippen LogP contribution in [-0.4, -0.2) is 30.6 Å². The number of nitrogens with zero attached hydrogens (tertiary/aromatic N) is 4. The molecule has 0 saturated heterocycles. The van der Waals surface area contributed by atoms with Crippen LogP contribution in [0.5, 0.6) is 0 Å². The Morgan fingerprint density at radius 3 is 2.83 bits per heavy atom. The Kier molecular flexibility index (Phi) is 3.15. The van der Waals surface area contributed by atoms with Crippen molar-refractivity contribution in [3.8, 4) is 5.69 Å². The van der Waals surface area contributed by atoms with Gasteiger partial charge in [-0.1, -0.05) is 11.6 Å². The number of carbonyl (C=O) groups is 1. The van der Waals surface area contributed by atoms with Crippen LogP contribution in [0.4, 0.5) is 0 Å². The number of aromatic nitrogens is 4. The van der Waals surface area contributed by atoms with Crippen LogP contribution in [0.15, 0.2) is 23.3 Å². The molecule has 94 valence electrons.